The van der Waals surface area contributed by atoms with E-state index < -0.39 is 6.10 Å². The van der Waals surface area contributed by atoms with Crippen LogP contribution in [0.15, 0.2) is 42.5 Å². The first-order valence-corrected chi connectivity index (χ1v) is 9.04. The zero-order valence-electron chi connectivity index (χ0n) is 16.0. The molecule has 1 heterocycles. The molecule has 0 spiro atoms. The van der Waals surface area contributed by atoms with Gasteiger partial charge in [0.2, 0.25) is 6.79 Å². The quantitative estimate of drug-likeness (QED) is 0.704. The number of aliphatic hydroxyl groups is 1. The number of fused-ring (bicyclic) bond motifs is 1. The highest BCUT2D eigenvalue weighted by Gasteiger charge is 2.20. The summed E-state index contributed by atoms with van der Waals surface area (Å²) in [7, 11) is 1.66. The molecule has 1 atom stereocenters. The summed E-state index contributed by atoms with van der Waals surface area (Å²) in [5, 5.41) is 13.6. The smallest absolute Gasteiger partial charge is 0.231 e. The number of benzene rings is 2. The molecule has 0 fully saturated rings. The van der Waals surface area contributed by atoms with Crippen LogP contribution in [0.4, 0.5) is 0 Å². The maximum absolute atomic E-state index is 10.2. The van der Waals surface area contributed by atoms with E-state index in [1.165, 1.54) is 5.56 Å². The monoisotopic (exact) mass is 373 g/mol. The Hall–Kier alpha value is -2.44. The second kappa shape index (κ2) is 8.50. The number of nitrogens with one attached hydrogen (secondary N) is 1. The van der Waals surface area contributed by atoms with Gasteiger partial charge < -0.3 is 29.4 Å². The number of hydrogen-bond donors (Lipinski definition) is 2. The van der Waals surface area contributed by atoms with Gasteiger partial charge in [0.15, 0.2) is 11.5 Å². The number of rotatable bonds is 9. The predicted molar refractivity (Wildman–Crippen MR) is 103 cm³/mol. The van der Waals surface area contributed by atoms with E-state index in [0.717, 1.165) is 12.2 Å². The van der Waals surface area contributed by atoms with E-state index in [2.05, 4.69) is 31.3 Å². The highest BCUT2D eigenvalue weighted by Crippen LogP contribution is 2.35. The van der Waals surface area contributed by atoms with Gasteiger partial charge in [0.25, 0.3) is 0 Å². The summed E-state index contributed by atoms with van der Waals surface area (Å²) in [4.78, 5) is 0. The molecule has 0 aromatic heterocycles. The van der Waals surface area contributed by atoms with Crippen LogP contribution in [-0.4, -0.2) is 43.8 Å². The van der Waals surface area contributed by atoms with Gasteiger partial charge in [-0.2, -0.15) is 0 Å². The minimum absolute atomic E-state index is 0.158. The Labute approximate surface area is 160 Å². The van der Waals surface area contributed by atoms with Crippen LogP contribution in [0, 0.1) is 0 Å². The average Bonchev–Trinajstić information content (AvgIpc) is 3.13. The van der Waals surface area contributed by atoms with Crippen molar-refractivity contribution in [2.24, 2.45) is 0 Å². The molecule has 1 aliphatic rings. The van der Waals surface area contributed by atoms with Crippen molar-refractivity contribution in [1.29, 1.82) is 0 Å². The first-order valence-electron chi connectivity index (χ1n) is 9.04. The van der Waals surface area contributed by atoms with Gasteiger partial charge in [0, 0.05) is 18.2 Å². The van der Waals surface area contributed by atoms with Gasteiger partial charge in [-0.1, -0.05) is 12.1 Å². The van der Waals surface area contributed by atoms with Gasteiger partial charge in [0.1, 0.15) is 24.2 Å². The standard InChI is InChI=1S/C21H27NO5/c1-21(2,11-15-4-6-17(24-3)7-5-15)22-12-16(23)13-25-18-8-9-19-20(10-18)27-14-26-19/h4-10,16,22-23H,11-14H2,1-3H3. The fourth-order valence-electron chi connectivity index (χ4n) is 2.93. The molecule has 1 aliphatic heterocycles. The van der Waals surface area contributed by atoms with Crippen LogP contribution >= 0.6 is 0 Å². The molecular weight excluding hydrogens is 346 g/mol. The fraction of sp³-hybridized carbons (Fsp3) is 0.429. The number of ether oxygens (including phenoxy) is 4. The molecule has 6 nitrogen and oxygen atoms in total. The first-order chi connectivity index (χ1) is 12.9. The third kappa shape index (κ3) is 5.52. The topological polar surface area (TPSA) is 69.2 Å². The number of aliphatic hydroxyl groups excluding tert-OH is 1. The molecule has 0 amide bonds. The minimum Gasteiger partial charge on any atom is -0.497 e. The molecule has 2 aromatic rings. The molecule has 0 bridgehead atoms. The van der Waals surface area contributed by atoms with Crippen molar-refractivity contribution < 1.29 is 24.1 Å². The Morgan fingerprint density at radius 1 is 1.07 bits per heavy atom. The lowest BCUT2D eigenvalue weighted by atomic mass is 9.94. The van der Waals surface area contributed by atoms with Gasteiger partial charge in [-0.05, 0) is 50.1 Å². The average molecular weight is 373 g/mol. The summed E-state index contributed by atoms with van der Waals surface area (Å²) < 4.78 is 21.4. The second-order valence-corrected chi connectivity index (χ2v) is 7.27. The SMILES string of the molecule is COc1ccc(CC(C)(C)NCC(O)COc2ccc3c(c2)OCO3)cc1. The van der Waals surface area contributed by atoms with Gasteiger partial charge in [-0.3, -0.25) is 0 Å². The summed E-state index contributed by atoms with van der Waals surface area (Å²) in [5.74, 6) is 2.88. The molecule has 0 radical (unpaired) electrons. The third-order valence-corrected chi connectivity index (χ3v) is 4.41. The third-order valence-electron chi connectivity index (χ3n) is 4.41. The molecule has 27 heavy (non-hydrogen) atoms. The normalized spacial score (nSPS) is 14.1. The number of hydrogen-bond acceptors (Lipinski definition) is 6. The minimum atomic E-state index is -0.620. The van der Waals surface area contributed by atoms with Crippen LogP contribution in [0.1, 0.15) is 19.4 Å². The zero-order valence-corrected chi connectivity index (χ0v) is 16.0. The van der Waals surface area contributed by atoms with Crippen LogP contribution in [0.3, 0.4) is 0 Å². The van der Waals surface area contributed by atoms with Gasteiger partial charge in [-0.25, -0.2) is 0 Å². The molecule has 1 unspecified atom stereocenters. The second-order valence-electron chi connectivity index (χ2n) is 7.27. The Balaban J connectivity index is 1.43. The van der Waals surface area contributed by atoms with Crippen molar-refractivity contribution in [2.75, 3.05) is 27.1 Å². The van der Waals surface area contributed by atoms with Crippen molar-refractivity contribution in [2.45, 2.75) is 31.9 Å². The van der Waals surface area contributed by atoms with Crippen molar-refractivity contribution in [1.82, 2.24) is 5.32 Å². The lowest BCUT2D eigenvalue weighted by Crippen LogP contribution is -2.46. The van der Waals surface area contributed by atoms with E-state index in [-0.39, 0.29) is 18.9 Å². The predicted octanol–water partition coefficient (Wildman–Crippen LogP) is 2.77. The van der Waals surface area contributed by atoms with Crippen LogP contribution in [0.25, 0.3) is 0 Å². The van der Waals surface area contributed by atoms with E-state index in [4.69, 9.17) is 18.9 Å². The molecule has 0 saturated heterocycles. The van der Waals surface area contributed by atoms with E-state index in [1.54, 1.807) is 25.3 Å². The maximum atomic E-state index is 10.2. The molecular formula is C21H27NO5. The highest BCUT2D eigenvalue weighted by molar-refractivity contribution is 5.46. The zero-order chi connectivity index (χ0) is 19.3. The van der Waals surface area contributed by atoms with Crippen molar-refractivity contribution in [3.63, 3.8) is 0 Å². The molecule has 2 aromatic carbocycles. The van der Waals surface area contributed by atoms with Crippen molar-refractivity contribution >= 4 is 0 Å². The highest BCUT2D eigenvalue weighted by atomic mass is 16.7. The molecule has 0 aliphatic carbocycles. The summed E-state index contributed by atoms with van der Waals surface area (Å²) >= 11 is 0. The van der Waals surface area contributed by atoms with E-state index in [9.17, 15) is 5.11 Å². The van der Waals surface area contributed by atoms with E-state index >= 15 is 0 Å². The molecule has 0 saturated carbocycles. The van der Waals surface area contributed by atoms with Gasteiger partial charge in [0.05, 0.1) is 7.11 Å². The molecule has 2 N–H and O–H groups in total. The first kappa shape index (κ1) is 19.3. The van der Waals surface area contributed by atoms with E-state index in [0.29, 0.717) is 23.8 Å². The Kier molecular flexibility index (Phi) is 6.08. The Morgan fingerprint density at radius 3 is 2.52 bits per heavy atom. The largest absolute Gasteiger partial charge is 0.497 e. The van der Waals surface area contributed by atoms with Crippen LogP contribution in [0.5, 0.6) is 23.0 Å². The van der Waals surface area contributed by atoms with Crippen molar-refractivity contribution in [3.8, 4) is 23.0 Å². The Morgan fingerprint density at radius 2 is 1.78 bits per heavy atom. The van der Waals surface area contributed by atoms with Crippen LogP contribution in [-0.2, 0) is 6.42 Å². The fourth-order valence-corrected chi connectivity index (χ4v) is 2.93. The molecule has 3 rings (SSSR count). The molecule has 146 valence electrons. The van der Waals surface area contributed by atoms with Crippen LogP contribution < -0.4 is 24.3 Å². The summed E-state index contributed by atoms with van der Waals surface area (Å²) in [6.07, 6.45) is 0.220. The summed E-state index contributed by atoms with van der Waals surface area (Å²) in [6.45, 7) is 5.10. The Bertz CT molecular complexity index is 745. The number of methoxy groups -OCH3 is 1. The van der Waals surface area contributed by atoms with Crippen molar-refractivity contribution in [3.05, 3.63) is 48.0 Å². The van der Waals surface area contributed by atoms with Gasteiger partial charge >= 0.3 is 0 Å². The molecule has 6 heteroatoms. The van der Waals surface area contributed by atoms with Crippen LogP contribution in [0.2, 0.25) is 0 Å². The number of β-amino-alcohol motifs (C(OH)–C–C–N with tert-alkyl or cyclic N) is 1. The van der Waals surface area contributed by atoms with Gasteiger partial charge in [-0.15, -0.1) is 0 Å². The lowest BCUT2D eigenvalue weighted by molar-refractivity contribution is 0.0987. The summed E-state index contributed by atoms with van der Waals surface area (Å²) in [6, 6.07) is 13.4. The van der Waals surface area contributed by atoms with E-state index in [1.807, 2.05) is 12.1 Å². The summed E-state index contributed by atoms with van der Waals surface area (Å²) in [5.41, 5.74) is 1.05. The lowest BCUT2D eigenvalue weighted by Gasteiger charge is -2.28. The maximum Gasteiger partial charge on any atom is 0.231 e.